The molecule has 0 atom stereocenters. The maximum atomic E-state index is 10.0. The lowest BCUT2D eigenvalue weighted by molar-refractivity contribution is -0.120. The standard InChI is InChI=1S/C23H19Br3O3S.C7H6O2.C3H8/c1-14(30-29-17-7-5-4-6-8-17)28-21-10-9-15(11-18(21)24)23(2,3)16-12-19(25)22(27)20(26)13-16;8-6-9-7-4-2-1-3-5-7;1-3-2/h4-13,27H,1H2,2-3H3;1-6H;3H2,1-2H3. The molecule has 0 saturated carbocycles. The zero-order valence-corrected chi connectivity index (χ0v) is 29.3. The number of aromatic hydroxyl groups is 1. The second-order valence-electron chi connectivity index (χ2n) is 9.25. The molecule has 4 aromatic rings. The summed E-state index contributed by atoms with van der Waals surface area (Å²) < 4.78 is 18.1. The molecule has 0 radical (unpaired) electrons. The maximum Gasteiger partial charge on any atom is 0.298 e. The van der Waals surface area contributed by atoms with Crippen LogP contribution in [0.25, 0.3) is 0 Å². The van der Waals surface area contributed by atoms with Gasteiger partial charge in [-0.1, -0.05) is 76.6 Å². The third kappa shape index (κ3) is 11.2. The Morgan fingerprint density at radius 1 is 0.833 bits per heavy atom. The lowest BCUT2D eigenvalue weighted by Crippen LogP contribution is -2.19. The van der Waals surface area contributed by atoms with Crippen LogP contribution in [0.1, 0.15) is 45.2 Å². The first-order valence-electron chi connectivity index (χ1n) is 12.9. The number of rotatable bonds is 9. The maximum absolute atomic E-state index is 10.0. The SMILES string of the molecule is C=C(Oc1ccc(C(C)(C)c2cc(Br)c(O)c(Br)c2)cc1Br)SOc1ccccc1.CCC.O=COc1ccccc1. The molecule has 0 heterocycles. The van der Waals surface area contributed by atoms with Crippen molar-refractivity contribution in [1.82, 2.24) is 0 Å². The number of carbonyl (C=O) groups is 1. The summed E-state index contributed by atoms with van der Waals surface area (Å²) in [5, 5.41) is 10.4. The van der Waals surface area contributed by atoms with E-state index < -0.39 is 0 Å². The number of hydrogen-bond donors (Lipinski definition) is 1. The lowest BCUT2D eigenvalue weighted by atomic mass is 9.78. The van der Waals surface area contributed by atoms with Crippen LogP contribution in [-0.4, -0.2) is 11.6 Å². The molecule has 42 heavy (non-hydrogen) atoms. The average molecular weight is 781 g/mol. The summed E-state index contributed by atoms with van der Waals surface area (Å²) in [5.74, 6) is 2.15. The van der Waals surface area contributed by atoms with E-state index in [1.807, 2.05) is 66.7 Å². The number of ether oxygens (including phenoxy) is 2. The molecule has 0 aliphatic carbocycles. The van der Waals surface area contributed by atoms with Crippen molar-refractivity contribution >= 4 is 66.3 Å². The lowest BCUT2D eigenvalue weighted by Gasteiger charge is -2.27. The Morgan fingerprint density at radius 2 is 1.33 bits per heavy atom. The van der Waals surface area contributed by atoms with Crippen molar-refractivity contribution in [1.29, 1.82) is 0 Å². The highest BCUT2D eigenvalue weighted by molar-refractivity contribution is 9.11. The molecule has 0 aromatic heterocycles. The molecule has 0 saturated heterocycles. The Hall–Kier alpha value is -2.72. The van der Waals surface area contributed by atoms with Crippen LogP contribution >= 0.6 is 59.8 Å². The number of phenols is 1. The minimum Gasteiger partial charge on any atom is -0.506 e. The molecule has 0 spiro atoms. The van der Waals surface area contributed by atoms with E-state index in [9.17, 15) is 9.90 Å². The Morgan fingerprint density at radius 3 is 1.83 bits per heavy atom. The van der Waals surface area contributed by atoms with Gasteiger partial charge in [-0.05, 0) is 114 Å². The molecule has 4 aromatic carbocycles. The van der Waals surface area contributed by atoms with E-state index >= 15 is 0 Å². The highest BCUT2D eigenvalue weighted by atomic mass is 79.9. The molecule has 0 amide bonds. The Labute approximate surface area is 277 Å². The first-order chi connectivity index (χ1) is 20.0. The Kier molecular flexibility index (Phi) is 15.3. The van der Waals surface area contributed by atoms with E-state index in [1.54, 1.807) is 24.3 Å². The van der Waals surface area contributed by atoms with Gasteiger partial charge in [0.2, 0.25) is 0 Å². The number of para-hydroxylation sites is 2. The number of carbonyl (C=O) groups excluding carboxylic acids is 1. The molecule has 9 heteroatoms. The summed E-state index contributed by atoms with van der Waals surface area (Å²) in [4.78, 5) is 9.75. The summed E-state index contributed by atoms with van der Waals surface area (Å²) in [6.45, 7) is 12.8. The third-order valence-corrected chi connectivity index (χ3v) is 7.89. The van der Waals surface area contributed by atoms with E-state index in [0.29, 0.717) is 32.0 Å². The average Bonchev–Trinajstić information content (AvgIpc) is 2.97. The summed E-state index contributed by atoms with van der Waals surface area (Å²) >= 11 is 11.5. The van der Waals surface area contributed by atoms with Gasteiger partial charge in [-0.3, -0.25) is 4.79 Å². The van der Waals surface area contributed by atoms with Crippen molar-refractivity contribution in [3.63, 3.8) is 0 Å². The minimum absolute atomic E-state index is 0.188. The van der Waals surface area contributed by atoms with Gasteiger partial charge in [0.25, 0.3) is 6.47 Å². The van der Waals surface area contributed by atoms with Crippen LogP contribution in [0, 0.1) is 0 Å². The second kappa shape index (κ2) is 18.1. The number of benzene rings is 4. The summed E-state index contributed by atoms with van der Waals surface area (Å²) in [5.41, 5.74) is 1.84. The zero-order valence-electron chi connectivity index (χ0n) is 23.8. The smallest absolute Gasteiger partial charge is 0.298 e. The van der Waals surface area contributed by atoms with Crippen LogP contribution in [-0.2, 0) is 10.2 Å². The normalized spacial score (nSPS) is 10.3. The fraction of sp³-hybridized carbons (Fsp3) is 0.182. The van der Waals surface area contributed by atoms with Gasteiger partial charge in [0.05, 0.1) is 13.4 Å². The Bertz CT molecular complexity index is 1410. The highest BCUT2D eigenvalue weighted by Crippen LogP contribution is 2.41. The van der Waals surface area contributed by atoms with E-state index in [1.165, 1.54) is 6.42 Å². The summed E-state index contributed by atoms with van der Waals surface area (Å²) in [6.07, 6.45) is 1.25. The first kappa shape index (κ1) is 35.5. The van der Waals surface area contributed by atoms with Crippen molar-refractivity contribution in [2.75, 3.05) is 0 Å². The first-order valence-corrected chi connectivity index (χ1v) is 16.1. The number of halogens is 3. The number of phenolic OH excluding ortho intramolecular Hbond substituents is 1. The van der Waals surface area contributed by atoms with Crippen LogP contribution in [0.3, 0.4) is 0 Å². The highest BCUT2D eigenvalue weighted by Gasteiger charge is 2.26. The molecular formula is C33H33Br3O5S. The van der Waals surface area contributed by atoms with Crippen LogP contribution in [0.2, 0.25) is 0 Å². The van der Waals surface area contributed by atoms with Crippen molar-refractivity contribution in [2.45, 2.75) is 39.5 Å². The zero-order chi connectivity index (χ0) is 31.1. The van der Waals surface area contributed by atoms with Crippen molar-refractivity contribution in [3.8, 4) is 23.0 Å². The second-order valence-corrected chi connectivity index (χ2v) is 12.6. The molecule has 0 aliphatic rings. The molecule has 5 nitrogen and oxygen atoms in total. The van der Waals surface area contributed by atoms with E-state index in [2.05, 4.69) is 86.8 Å². The predicted molar refractivity (Wildman–Crippen MR) is 183 cm³/mol. The fourth-order valence-corrected chi connectivity index (χ4v) is 5.40. The van der Waals surface area contributed by atoms with Gasteiger partial charge in [0, 0.05) is 5.41 Å². The molecule has 1 N–H and O–H groups in total. The molecular weight excluding hydrogens is 748 g/mol. The quantitative estimate of drug-likeness (QED) is 0.104. The van der Waals surface area contributed by atoms with Crippen molar-refractivity contribution < 1.29 is 23.6 Å². The topological polar surface area (TPSA) is 65.0 Å². The largest absolute Gasteiger partial charge is 0.506 e. The van der Waals surface area contributed by atoms with Crippen LogP contribution in [0.15, 0.2) is 116 Å². The third-order valence-electron chi connectivity index (χ3n) is 5.52. The van der Waals surface area contributed by atoms with E-state index in [-0.39, 0.29) is 11.2 Å². The van der Waals surface area contributed by atoms with Gasteiger partial charge in [-0.2, -0.15) is 0 Å². The summed E-state index contributed by atoms with van der Waals surface area (Å²) in [6, 6.07) is 28.2. The molecule has 0 unspecified atom stereocenters. The van der Waals surface area contributed by atoms with Crippen LogP contribution < -0.4 is 13.7 Å². The monoisotopic (exact) mass is 778 g/mol. The van der Waals surface area contributed by atoms with E-state index in [4.69, 9.17) is 8.92 Å². The Balaban J connectivity index is 0.000000429. The predicted octanol–water partition coefficient (Wildman–Crippen LogP) is 11.2. The number of hydrogen-bond acceptors (Lipinski definition) is 6. The van der Waals surface area contributed by atoms with Gasteiger partial charge in [-0.25, -0.2) is 0 Å². The van der Waals surface area contributed by atoms with Gasteiger partial charge < -0.3 is 18.8 Å². The minimum atomic E-state index is -0.304. The molecule has 222 valence electrons. The van der Waals surface area contributed by atoms with Crippen LogP contribution in [0.5, 0.6) is 23.0 Å². The molecule has 0 fully saturated rings. The van der Waals surface area contributed by atoms with Gasteiger partial charge >= 0.3 is 0 Å². The van der Waals surface area contributed by atoms with Crippen molar-refractivity contribution in [2.24, 2.45) is 0 Å². The van der Waals surface area contributed by atoms with E-state index in [0.717, 1.165) is 33.4 Å². The fourth-order valence-electron chi connectivity index (χ4n) is 3.33. The van der Waals surface area contributed by atoms with Gasteiger partial charge in [0.1, 0.15) is 35.0 Å². The van der Waals surface area contributed by atoms with Crippen LogP contribution in [0.4, 0.5) is 0 Å². The molecule has 0 aliphatic heterocycles. The molecule has 4 rings (SSSR count). The van der Waals surface area contributed by atoms with Gasteiger partial charge in [0.15, 0.2) is 5.09 Å². The van der Waals surface area contributed by atoms with Gasteiger partial charge in [-0.15, -0.1) is 0 Å². The van der Waals surface area contributed by atoms with Crippen molar-refractivity contribution in [3.05, 3.63) is 127 Å². The molecule has 0 bridgehead atoms. The summed E-state index contributed by atoms with van der Waals surface area (Å²) in [7, 11) is 0.